The monoisotopic (exact) mass is 1310 g/mol. The number of halogens is 1. The molecule has 4 saturated heterocycles. The van der Waals surface area contributed by atoms with Crippen LogP contribution in [0.25, 0.3) is 0 Å². The van der Waals surface area contributed by atoms with Crippen molar-refractivity contribution < 1.29 is 102 Å². The van der Waals surface area contributed by atoms with Crippen LogP contribution < -0.4 is 30.3 Å². The Morgan fingerprint density at radius 2 is 1.60 bits per heavy atom. The average molecular weight is 1310 g/mol. The van der Waals surface area contributed by atoms with E-state index in [1.165, 1.54) is 64.9 Å². The van der Waals surface area contributed by atoms with E-state index in [9.17, 15) is 39.9 Å². The van der Waals surface area contributed by atoms with Gasteiger partial charge in [0.25, 0.3) is 0 Å². The third kappa shape index (κ3) is 15.4. The normalized spacial score (nSPS) is 35.8. The average Bonchev–Trinajstić information content (AvgIpc) is 3.15. The van der Waals surface area contributed by atoms with E-state index in [0.717, 1.165) is 18.9 Å². The molecule has 8 N–H and O–H groups in total. The summed E-state index contributed by atoms with van der Waals surface area (Å²) < 4.78 is 72.1. The van der Waals surface area contributed by atoms with Crippen molar-refractivity contribution in [1.29, 1.82) is 0 Å². The molecule has 29 heteroatoms. The van der Waals surface area contributed by atoms with Crippen molar-refractivity contribution in [3.8, 4) is 40.9 Å². The van der Waals surface area contributed by atoms with E-state index in [2.05, 4.69) is 55.7 Å². The molecule has 1 amide bonds. The highest BCUT2D eigenvalue weighted by molar-refractivity contribution is 9.10. The van der Waals surface area contributed by atoms with Crippen molar-refractivity contribution in [2.24, 2.45) is 0 Å². The molecular weight excluding hydrogens is 1230 g/mol. The summed E-state index contributed by atoms with van der Waals surface area (Å²) in [7, 11) is 10.8. The lowest BCUT2D eigenvalue weighted by molar-refractivity contribution is -0.336. The Balaban J connectivity index is 1.12. The van der Waals surface area contributed by atoms with Crippen molar-refractivity contribution in [2.45, 2.75) is 169 Å². The number of alkyl carbamates (subject to hydrolysis) is 1. The van der Waals surface area contributed by atoms with E-state index in [1.807, 2.05) is 13.2 Å². The predicted octanol–water partition coefficient (Wildman–Crippen LogP) is 3.31. The maximum Gasteiger partial charge on any atom is 0.411 e. The van der Waals surface area contributed by atoms with Crippen LogP contribution in [-0.2, 0) is 52.3 Å². The minimum absolute atomic E-state index is 0.000854. The summed E-state index contributed by atoms with van der Waals surface area (Å²) in [5, 5.41) is 64.1. The molecule has 4 aliphatic heterocycles. The second-order valence-electron chi connectivity index (χ2n) is 19.8. The largest absolute Gasteiger partial charge is 0.492 e. The minimum atomic E-state index is -2.07. The van der Waals surface area contributed by atoms with E-state index in [0.29, 0.717) is 12.1 Å². The number of methoxy groups -OCH3 is 5. The Morgan fingerprint density at radius 1 is 0.880 bits per heavy atom. The maximum absolute atomic E-state index is 14.4. The summed E-state index contributed by atoms with van der Waals surface area (Å²) in [4.78, 5) is 47.4. The Kier molecular flexibility index (Phi) is 24.8. The second-order valence-corrected chi connectivity index (χ2v) is 25.8. The van der Waals surface area contributed by atoms with E-state index in [-0.39, 0.29) is 75.7 Å². The third-order valence-electron chi connectivity index (χ3n) is 14.6. The summed E-state index contributed by atoms with van der Waals surface area (Å²) in [5.41, 5.74) is 1.09. The van der Waals surface area contributed by atoms with Crippen molar-refractivity contribution >= 4 is 76.1 Å². The number of Topliss-reactive ketones (excluding diaryl/α,β-unsaturated/α-hetero) is 1. The van der Waals surface area contributed by atoms with Gasteiger partial charge in [-0.1, -0.05) is 64.0 Å². The van der Waals surface area contributed by atoms with Crippen LogP contribution in [0.5, 0.6) is 17.2 Å². The van der Waals surface area contributed by atoms with E-state index in [1.54, 1.807) is 40.2 Å². The summed E-state index contributed by atoms with van der Waals surface area (Å²) in [5.74, 6) is 10.8. The molecule has 2 bridgehead atoms. The highest BCUT2D eigenvalue weighted by atomic mass is 79.9. The van der Waals surface area contributed by atoms with E-state index in [4.69, 9.17) is 61.7 Å². The molecule has 7 rings (SSSR count). The molecule has 19 atom stereocenters. The van der Waals surface area contributed by atoms with Gasteiger partial charge in [0, 0.05) is 38.2 Å². The van der Waals surface area contributed by atoms with Crippen LogP contribution in [0.4, 0.5) is 4.79 Å². The summed E-state index contributed by atoms with van der Waals surface area (Å²) in [6.07, 6.45) is -13.8. The molecule has 19 unspecified atom stereocenters. The molecule has 4 fully saturated rings. The first kappa shape index (κ1) is 67.3. The summed E-state index contributed by atoms with van der Waals surface area (Å²) in [6.45, 7) is 9.33. The smallest absolute Gasteiger partial charge is 0.411 e. The van der Waals surface area contributed by atoms with Crippen molar-refractivity contribution in [3.05, 3.63) is 50.0 Å². The zero-order valence-corrected chi connectivity index (χ0v) is 52.3. The lowest BCUT2D eigenvalue weighted by atomic mass is 9.76. The SMILES string of the molecule is CCNC1COC(OC2C(OC3C#CC=CC#CC4(O)CC(=O)C(NC(=O)OC)=C3C4=CSSSC)OC(C)C(NOC3CC(O)C(SC(=O)c4c(C)c(Br)c(OC5OC(C)C(O)C(OC)C5O)c(OC)c4OC)C(C)O3)C2O)CC1OC. The van der Waals surface area contributed by atoms with Gasteiger partial charge >= 0.3 is 6.09 Å². The molecule has 24 nitrogen and oxygen atoms in total. The number of allylic oxidation sites excluding steroid dienone is 3. The Morgan fingerprint density at radius 3 is 2.27 bits per heavy atom. The molecule has 0 spiro atoms. The molecule has 0 radical (unpaired) electrons. The minimum Gasteiger partial charge on any atom is -0.492 e. The van der Waals surface area contributed by atoms with Crippen molar-refractivity contribution in [2.75, 3.05) is 55.0 Å². The van der Waals surface area contributed by atoms with Crippen LogP contribution in [0.3, 0.4) is 0 Å². The number of hydrogen-bond acceptors (Lipinski definition) is 27. The molecule has 1 aromatic rings. The number of nitrogens with one attached hydrogen (secondary N) is 3. The van der Waals surface area contributed by atoms with Gasteiger partial charge < -0.3 is 87.7 Å². The predicted molar refractivity (Wildman–Crippen MR) is 310 cm³/mol. The highest BCUT2D eigenvalue weighted by Crippen LogP contribution is 2.51. The van der Waals surface area contributed by atoms with Gasteiger partial charge in [0.2, 0.25) is 17.2 Å². The van der Waals surface area contributed by atoms with Crippen LogP contribution in [0.2, 0.25) is 0 Å². The number of hydrogen-bond donors (Lipinski definition) is 8. The van der Waals surface area contributed by atoms with E-state index < -0.39 is 127 Å². The van der Waals surface area contributed by atoms with Gasteiger partial charge in [-0.15, -0.1) is 0 Å². The van der Waals surface area contributed by atoms with Crippen LogP contribution in [0, 0.1) is 30.6 Å². The summed E-state index contributed by atoms with van der Waals surface area (Å²) in [6, 6.07) is -1.27. The van der Waals surface area contributed by atoms with Gasteiger partial charge in [-0.05, 0) is 89.4 Å². The van der Waals surface area contributed by atoms with Gasteiger partial charge in [-0.25, -0.2) is 4.79 Å². The number of aliphatic hydroxyl groups is 5. The quantitative estimate of drug-likeness (QED) is 0.0379. The fourth-order valence-electron chi connectivity index (χ4n) is 10.3. The van der Waals surface area contributed by atoms with Crippen molar-refractivity contribution in [1.82, 2.24) is 16.1 Å². The number of fused-ring (bicyclic) bond motifs is 2. The number of amides is 1. The second kappa shape index (κ2) is 30.6. The lowest BCUT2D eigenvalue weighted by Crippen LogP contribution is -2.65. The number of hydroxylamine groups is 1. The Hall–Kier alpha value is -3.19. The number of carbonyl (C=O) groups excluding carboxylic acids is 3. The molecule has 6 aliphatic rings. The fourth-order valence-corrected chi connectivity index (χ4v) is 14.1. The molecule has 0 aromatic heterocycles. The van der Waals surface area contributed by atoms with Gasteiger partial charge in [0.05, 0.1) is 97.9 Å². The van der Waals surface area contributed by atoms with Gasteiger partial charge in [0.1, 0.15) is 36.6 Å². The first-order valence-electron chi connectivity index (χ1n) is 26.4. The molecule has 0 saturated carbocycles. The van der Waals surface area contributed by atoms with Crippen LogP contribution in [0.1, 0.15) is 62.9 Å². The van der Waals surface area contributed by atoms with Crippen LogP contribution in [-0.4, -0.2) is 213 Å². The Labute approximate surface area is 506 Å². The number of ketones is 1. The number of rotatable bonds is 21. The maximum atomic E-state index is 14.4. The standard InChI is InChI=1S/C54H72BrN3O21S4/c1-12-56-29-22-72-34(20-33(29)67-6)77-47-42(62)39(25(3)74-52(47)76-32-17-15-13-14-16-18-54(66)21-31(60)40(57-53(65)71-10)37(32)28(54)23-81-83-80-11)58-79-35-19-30(59)49(27(5)73-35)82-50(64)36-24(2)38(55)45(48(70-9)44(36)68-7)78-51-43(63)46(69-8)41(61)26(4)75-51/h13-14,23,25-27,29-30,32-35,39,41-43,46-47,49,51-52,56,58-59,61-63,66H,12,19-22H2,1-11H3,(H,57,65). The summed E-state index contributed by atoms with van der Waals surface area (Å²) >= 11 is 4.35. The molecular formula is C54H72BrN3O21S4. The van der Waals surface area contributed by atoms with Crippen molar-refractivity contribution in [3.63, 3.8) is 0 Å². The topological polar surface area (TPSA) is 308 Å². The molecule has 2 aliphatic carbocycles. The molecule has 4 heterocycles. The zero-order valence-electron chi connectivity index (χ0n) is 47.4. The molecule has 460 valence electrons. The number of likely N-dealkylation sites (N-methyl/N-ethyl adjacent to an activating group) is 1. The van der Waals surface area contributed by atoms with Gasteiger partial charge in [0.15, 0.2) is 41.8 Å². The highest BCUT2D eigenvalue weighted by Gasteiger charge is 2.52. The Bertz CT molecular complexity index is 2690. The molecule has 83 heavy (non-hydrogen) atoms. The van der Waals surface area contributed by atoms with Gasteiger partial charge in [-0.2, -0.15) is 5.48 Å². The first-order valence-corrected chi connectivity index (χ1v) is 32.0. The lowest BCUT2D eigenvalue weighted by Gasteiger charge is -2.46. The molecule has 1 aromatic carbocycles. The number of aliphatic hydroxyl groups excluding tert-OH is 4. The third-order valence-corrected chi connectivity index (χ3v) is 20.3. The first-order chi connectivity index (χ1) is 39.7. The zero-order chi connectivity index (χ0) is 60.4. The van der Waals surface area contributed by atoms with Gasteiger partial charge in [-0.3, -0.25) is 19.7 Å². The number of ether oxygens (including phenoxy) is 12. The van der Waals surface area contributed by atoms with Crippen LogP contribution in [0.15, 0.2) is 38.9 Å². The fraction of sp³-hybridized carbons (Fsp3) is 0.648. The van der Waals surface area contributed by atoms with E-state index >= 15 is 0 Å². The number of benzene rings is 1. The number of carbonyl (C=O) groups is 3. The number of thioether (sulfide) groups is 1. The van der Waals surface area contributed by atoms with Crippen LogP contribution >= 0.6 is 59.1 Å².